The summed E-state index contributed by atoms with van der Waals surface area (Å²) in [7, 11) is -1.36. The van der Waals surface area contributed by atoms with Crippen molar-refractivity contribution in [2.45, 2.75) is 23.8 Å². The first-order valence-electron chi connectivity index (χ1n) is 7.18. The van der Waals surface area contributed by atoms with Gasteiger partial charge >= 0.3 is 5.69 Å². The fourth-order valence-corrected chi connectivity index (χ4v) is 4.30. The van der Waals surface area contributed by atoms with Gasteiger partial charge in [-0.05, 0) is 24.0 Å². The molecule has 1 N–H and O–H groups in total. The first kappa shape index (κ1) is 15.7. The molecule has 2 aromatic rings. The van der Waals surface area contributed by atoms with E-state index in [1.165, 1.54) is 14.1 Å². The number of nitrogens with zero attached hydrogens (tertiary/aromatic N) is 2. The van der Waals surface area contributed by atoms with Crippen LogP contribution in [0.5, 0.6) is 0 Å². The summed E-state index contributed by atoms with van der Waals surface area (Å²) >= 11 is 0. The predicted molar refractivity (Wildman–Crippen MR) is 84.7 cm³/mol. The smallest absolute Gasteiger partial charge is 0.302 e. The van der Waals surface area contributed by atoms with E-state index in [-0.39, 0.29) is 6.04 Å². The zero-order valence-corrected chi connectivity index (χ0v) is 13.6. The highest BCUT2D eigenvalue weighted by Crippen LogP contribution is 2.31. The van der Waals surface area contributed by atoms with Crippen molar-refractivity contribution in [3.05, 3.63) is 62.4 Å². The lowest BCUT2D eigenvalue weighted by Crippen LogP contribution is -2.41. The van der Waals surface area contributed by atoms with Crippen LogP contribution in [0.1, 0.15) is 23.6 Å². The third-order valence-corrected chi connectivity index (χ3v) is 5.59. The zero-order valence-electron chi connectivity index (χ0n) is 12.8. The lowest BCUT2D eigenvalue weighted by Gasteiger charge is -2.15. The van der Waals surface area contributed by atoms with E-state index in [9.17, 15) is 18.0 Å². The summed E-state index contributed by atoms with van der Waals surface area (Å²) in [6.45, 7) is 0. The Balaban J connectivity index is 2.02. The Kier molecular flexibility index (Phi) is 3.73. The Labute approximate surface area is 133 Å². The van der Waals surface area contributed by atoms with E-state index in [2.05, 4.69) is 4.72 Å². The molecule has 0 unspecified atom stereocenters. The number of aryl methyl sites for hydroxylation is 2. The molecule has 0 spiro atoms. The molecule has 122 valence electrons. The monoisotopic (exact) mass is 335 g/mol. The highest BCUT2D eigenvalue weighted by atomic mass is 32.2. The molecule has 23 heavy (non-hydrogen) atoms. The maximum atomic E-state index is 12.6. The second-order valence-corrected chi connectivity index (χ2v) is 7.34. The van der Waals surface area contributed by atoms with Gasteiger partial charge in [-0.3, -0.25) is 9.36 Å². The number of sulfonamides is 1. The van der Waals surface area contributed by atoms with Gasteiger partial charge in [-0.25, -0.2) is 17.9 Å². The summed E-state index contributed by atoms with van der Waals surface area (Å²) in [5.41, 5.74) is 0.637. The molecule has 7 nitrogen and oxygen atoms in total. The predicted octanol–water partition coefficient (Wildman–Crippen LogP) is 0.0498. The molecule has 0 saturated carbocycles. The summed E-state index contributed by atoms with van der Waals surface area (Å²) in [6, 6.07) is 7.26. The van der Waals surface area contributed by atoms with Gasteiger partial charge in [0, 0.05) is 26.3 Å². The maximum Gasteiger partial charge on any atom is 0.330 e. The van der Waals surface area contributed by atoms with Crippen LogP contribution >= 0.6 is 0 Å². The number of nitrogens with one attached hydrogen (secondary N) is 1. The van der Waals surface area contributed by atoms with E-state index in [4.69, 9.17) is 0 Å². The topological polar surface area (TPSA) is 90.2 Å². The van der Waals surface area contributed by atoms with Gasteiger partial charge < -0.3 is 4.57 Å². The zero-order chi connectivity index (χ0) is 16.8. The van der Waals surface area contributed by atoms with Crippen LogP contribution in [0.25, 0.3) is 0 Å². The van der Waals surface area contributed by atoms with Gasteiger partial charge in [0.15, 0.2) is 4.90 Å². The van der Waals surface area contributed by atoms with Crippen molar-refractivity contribution in [3.8, 4) is 0 Å². The minimum Gasteiger partial charge on any atom is -0.302 e. The van der Waals surface area contributed by atoms with Crippen molar-refractivity contribution in [1.29, 1.82) is 0 Å². The SMILES string of the molecule is Cn1cc(S(=O)(=O)N[C@@H]2CCc3ccccc32)c(=O)n(C)c1=O. The van der Waals surface area contributed by atoms with Crippen molar-refractivity contribution < 1.29 is 8.42 Å². The number of fused-ring (bicyclic) bond motifs is 1. The highest BCUT2D eigenvalue weighted by molar-refractivity contribution is 7.89. The maximum absolute atomic E-state index is 12.6. The van der Waals surface area contributed by atoms with E-state index in [1.807, 2.05) is 24.3 Å². The van der Waals surface area contributed by atoms with E-state index >= 15 is 0 Å². The molecule has 1 atom stereocenters. The average Bonchev–Trinajstić information content (AvgIpc) is 2.91. The fraction of sp³-hybridized carbons (Fsp3) is 0.333. The van der Waals surface area contributed by atoms with Crippen molar-refractivity contribution in [2.24, 2.45) is 14.1 Å². The Bertz CT molecular complexity index is 989. The molecule has 0 saturated heterocycles. The standard InChI is InChI=1S/C15H17N3O4S/c1-17-9-13(14(19)18(2)15(17)20)23(21,22)16-12-8-7-10-5-3-4-6-11(10)12/h3-6,9,12,16H,7-8H2,1-2H3/t12-/m1/s1. The van der Waals surface area contributed by atoms with Gasteiger partial charge in [0.25, 0.3) is 5.56 Å². The van der Waals surface area contributed by atoms with Crippen molar-refractivity contribution in [1.82, 2.24) is 13.9 Å². The molecule has 0 bridgehead atoms. The normalized spacial score (nSPS) is 17.2. The first-order chi connectivity index (χ1) is 10.8. The van der Waals surface area contributed by atoms with E-state index in [1.54, 1.807) is 0 Å². The molecule has 0 radical (unpaired) electrons. The van der Waals surface area contributed by atoms with Crippen LogP contribution < -0.4 is 16.0 Å². The minimum absolute atomic E-state index is 0.363. The third-order valence-electron chi connectivity index (χ3n) is 4.13. The fourth-order valence-electron chi connectivity index (χ4n) is 2.89. The van der Waals surface area contributed by atoms with E-state index in [0.717, 1.165) is 32.9 Å². The molecule has 3 rings (SSSR count). The summed E-state index contributed by atoms with van der Waals surface area (Å²) in [6.07, 6.45) is 2.49. The van der Waals surface area contributed by atoms with Crippen molar-refractivity contribution >= 4 is 10.0 Å². The van der Waals surface area contributed by atoms with E-state index in [0.29, 0.717) is 6.42 Å². The van der Waals surface area contributed by atoms with Crippen molar-refractivity contribution in [3.63, 3.8) is 0 Å². The van der Waals surface area contributed by atoms with Gasteiger partial charge in [0.05, 0.1) is 0 Å². The molecule has 0 amide bonds. The minimum atomic E-state index is -4.02. The molecule has 1 aromatic heterocycles. The van der Waals surface area contributed by atoms with Crippen molar-refractivity contribution in [2.75, 3.05) is 0 Å². The summed E-state index contributed by atoms with van der Waals surface area (Å²) in [4.78, 5) is 23.4. The average molecular weight is 335 g/mol. The van der Waals surface area contributed by atoms with Gasteiger partial charge in [-0.2, -0.15) is 0 Å². The van der Waals surface area contributed by atoms with E-state index < -0.39 is 26.2 Å². The van der Waals surface area contributed by atoms with Crippen LogP contribution in [0, 0.1) is 0 Å². The molecular weight excluding hydrogens is 318 g/mol. The Morgan fingerprint density at radius 2 is 1.87 bits per heavy atom. The van der Waals surface area contributed by atoms with Gasteiger partial charge in [-0.1, -0.05) is 24.3 Å². The highest BCUT2D eigenvalue weighted by Gasteiger charge is 2.29. The van der Waals surface area contributed by atoms with Gasteiger partial charge in [0.2, 0.25) is 10.0 Å². The third kappa shape index (κ3) is 2.64. The molecule has 1 aromatic carbocycles. The second-order valence-electron chi connectivity index (χ2n) is 5.66. The summed E-state index contributed by atoms with van der Waals surface area (Å²) < 4.78 is 29.6. The Morgan fingerprint density at radius 3 is 2.61 bits per heavy atom. The van der Waals surface area contributed by atoms with Crippen LogP contribution in [0.15, 0.2) is 44.9 Å². The molecule has 0 aliphatic heterocycles. The van der Waals surface area contributed by atoms with Crippen LogP contribution in [0.3, 0.4) is 0 Å². The Morgan fingerprint density at radius 1 is 1.17 bits per heavy atom. The molecule has 1 aliphatic rings. The van der Waals surface area contributed by atoms with Crippen LogP contribution in [-0.4, -0.2) is 17.6 Å². The molecule has 8 heteroatoms. The molecule has 1 heterocycles. The van der Waals surface area contributed by atoms with Crippen LogP contribution in [-0.2, 0) is 30.5 Å². The summed E-state index contributed by atoms with van der Waals surface area (Å²) in [5, 5.41) is 0. The quantitative estimate of drug-likeness (QED) is 0.858. The lowest BCUT2D eigenvalue weighted by atomic mass is 10.1. The number of hydrogen-bond donors (Lipinski definition) is 1. The number of benzene rings is 1. The summed E-state index contributed by atoms with van der Waals surface area (Å²) in [5.74, 6) is 0. The number of aromatic nitrogens is 2. The molecule has 1 aliphatic carbocycles. The lowest BCUT2D eigenvalue weighted by molar-refractivity contribution is 0.547. The second kappa shape index (κ2) is 5.47. The largest absolute Gasteiger partial charge is 0.330 e. The number of hydrogen-bond acceptors (Lipinski definition) is 4. The number of rotatable bonds is 3. The van der Waals surface area contributed by atoms with Crippen LogP contribution in [0.4, 0.5) is 0 Å². The first-order valence-corrected chi connectivity index (χ1v) is 8.66. The Hall–Kier alpha value is -2.19. The molecular formula is C15H17N3O4S. The van der Waals surface area contributed by atoms with Gasteiger partial charge in [-0.15, -0.1) is 0 Å². The molecule has 0 fully saturated rings. The van der Waals surface area contributed by atoms with Gasteiger partial charge in [0.1, 0.15) is 0 Å². The van der Waals surface area contributed by atoms with Crippen LogP contribution in [0.2, 0.25) is 0 Å².